The van der Waals surface area contributed by atoms with Crippen molar-refractivity contribution in [1.29, 1.82) is 0 Å². The van der Waals surface area contributed by atoms with E-state index >= 15 is 0 Å². The van der Waals surface area contributed by atoms with Gasteiger partial charge in [0.2, 0.25) is 0 Å². The SMILES string of the molecule is Cc1cccc(OCc2c(C(=O)N3CCCC3)noc2C)c1C. The molecule has 1 saturated heterocycles. The van der Waals surface area contributed by atoms with Crippen LogP contribution in [0.2, 0.25) is 0 Å². The van der Waals surface area contributed by atoms with Gasteiger partial charge in [0.15, 0.2) is 5.69 Å². The van der Waals surface area contributed by atoms with Crippen LogP contribution in [0.25, 0.3) is 0 Å². The third-order valence-electron chi connectivity index (χ3n) is 4.51. The fourth-order valence-corrected chi connectivity index (χ4v) is 2.83. The van der Waals surface area contributed by atoms with Crippen LogP contribution < -0.4 is 4.74 Å². The zero-order chi connectivity index (χ0) is 16.4. The maximum atomic E-state index is 12.6. The zero-order valence-corrected chi connectivity index (χ0v) is 13.9. The lowest BCUT2D eigenvalue weighted by atomic mass is 10.1. The Hall–Kier alpha value is -2.30. The van der Waals surface area contributed by atoms with Crippen molar-refractivity contribution in [2.45, 2.75) is 40.2 Å². The summed E-state index contributed by atoms with van der Waals surface area (Å²) in [6, 6.07) is 5.96. The van der Waals surface area contributed by atoms with E-state index < -0.39 is 0 Å². The van der Waals surface area contributed by atoms with E-state index in [1.807, 2.05) is 30.9 Å². The highest BCUT2D eigenvalue weighted by Crippen LogP contribution is 2.24. The van der Waals surface area contributed by atoms with Crippen molar-refractivity contribution in [1.82, 2.24) is 10.1 Å². The Labute approximate surface area is 136 Å². The molecular formula is C18H22N2O3. The Morgan fingerprint density at radius 1 is 1.26 bits per heavy atom. The lowest BCUT2D eigenvalue weighted by Gasteiger charge is -2.15. The molecule has 1 aromatic heterocycles. The molecule has 5 heteroatoms. The first-order chi connectivity index (χ1) is 11.1. The molecule has 122 valence electrons. The van der Waals surface area contributed by atoms with E-state index in [1.165, 1.54) is 5.56 Å². The van der Waals surface area contributed by atoms with Crippen LogP contribution in [0.5, 0.6) is 5.75 Å². The average Bonchev–Trinajstić information content (AvgIpc) is 3.18. The number of amides is 1. The second-order valence-electron chi connectivity index (χ2n) is 6.05. The van der Waals surface area contributed by atoms with Crippen LogP contribution >= 0.6 is 0 Å². The van der Waals surface area contributed by atoms with E-state index in [-0.39, 0.29) is 12.5 Å². The molecule has 1 aliphatic rings. The summed E-state index contributed by atoms with van der Waals surface area (Å²) in [5.74, 6) is 1.40. The van der Waals surface area contributed by atoms with Gasteiger partial charge < -0.3 is 14.2 Å². The van der Waals surface area contributed by atoms with Gasteiger partial charge in [-0.1, -0.05) is 17.3 Å². The summed E-state index contributed by atoms with van der Waals surface area (Å²) >= 11 is 0. The molecular weight excluding hydrogens is 292 g/mol. The number of aryl methyl sites for hydroxylation is 2. The third-order valence-corrected chi connectivity index (χ3v) is 4.51. The summed E-state index contributed by atoms with van der Waals surface area (Å²) in [6.45, 7) is 7.77. The second-order valence-corrected chi connectivity index (χ2v) is 6.05. The number of hydrogen-bond acceptors (Lipinski definition) is 4. The highest BCUT2D eigenvalue weighted by atomic mass is 16.5. The van der Waals surface area contributed by atoms with Gasteiger partial charge in [-0.25, -0.2) is 0 Å². The largest absolute Gasteiger partial charge is 0.488 e. The number of benzene rings is 1. The third kappa shape index (κ3) is 3.09. The highest BCUT2D eigenvalue weighted by molar-refractivity contribution is 5.94. The van der Waals surface area contributed by atoms with Crippen LogP contribution in [-0.4, -0.2) is 29.1 Å². The molecule has 1 aromatic carbocycles. The maximum Gasteiger partial charge on any atom is 0.276 e. The first-order valence-corrected chi connectivity index (χ1v) is 8.01. The van der Waals surface area contributed by atoms with Gasteiger partial charge in [0.25, 0.3) is 5.91 Å². The number of rotatable bonds is 4. The molecule has 0 aliphatic carbocycles. The molecule has 0 atom stereocenters. The Bertz CT molecular complexity index is 715. The molecule has 1 fully saturated rings. The Balaban J connectivity index is 1.79. The molecule has 0 spiro atoms. The molecule has 3 rings (SSSR count). The Morgan fingerprint density at radius 2 is 2.00 bits per heavy atom. The smallest absolute Gasteiger partial charge is 0.276 e. The first kappa shape index (κ1) is 15.6. The molecule has 5 nitrogen and oxygen atoms in total. The number of likely N-dealkylation sites (tertiary alicyclic amines) is 1. The minimum Gasteiger partial charge on any atom is -0.488 e. The zero-order valence-electron chi connectivity index (χ0n) is 13.9. The molecule has 2 heterocycles. The Kier molecular flexibility index (Phi) is 4.37. The van der Waals surface area contributed by atoms with Crippen molar-refractivity contribution in [2.24, 2.45) is 0 Å². The van der Waals surface area contributed by atoms with Crippen molar-refractivity contribution in [3.8, 4) is 5.75 Å². The van der Waals surface area contributed by atoms with Crippen molar-refractivity contribution in [3.63, 3.8) is 0 Å². The molecule has 1 amide bonds. The molecule has 0 unspecified atom stereocenters. The van der Waals surface area contributed by atoms with E-state index in [1.54, 1.807) is 0 Å². The summed E-state index contributed by atoms with van der Waals surface area (Å²) in [7, 11) is 0. The van der Waals surface area contributed by atoms with Crippen molar-refractivity contribution >= 4 is 5.91 Å². The van der Waals surface area contributed by atoms with E-state index in [0.29, 0.717) is 11.5 Å². The Morgan fingerprint density at radius 3 is 2.74 bits per heavy atom. The lowest BCUT2D eigenvalue weighted by Crippen LogP contribution is -2.28. The van der Waals surface area contributed by atoms with Gasteiger partial charge in [0.1, 0.15) is 18.1 Å². The van der Waals surface area contributed by atoms with E-state index in [4.69, 9.17) is 9.26 Å². The summed E-state index contributed by atoms with van der Waals surface area (Å²) < 4.78 is 11.2. The molecule has 0 bridgehead atoms. The van der Waals surface area contributed by atoms with Crippen molar-refractivity contribution in [3.05, 3.63) is 46.3 Å². The second kappa shape index (κ2) is 6.44. The van der Waals surface area contributed by atoms with Gasteiger partial charge in [-0.05, 0) is 50.8 Å². The monoisotopic (exact) mass is 314 g/mol. The topological polar surface area (TPSA) is 55.6 Å². The van der Waals surface area contributed by atoms with Crippen LogP contribution in [0, 0.1) is 20.8 Å². The fourth-order valence-electron chi connectivity index (χ4n) is 2.83. The predicted molar refractivity (Wildman–Crippen MR) is 86.6 cm³/mol. The number of ether oxygens (including phenoxy) is 1. The van der Waals surface area contributed by atoms with Gasteiger partial charge in [-0.3, -0.25) is 4.79 Å². The average molecular weight is 314 g/mol. The number of carbonyl (C=O) groups excluding carboxylic acids is 1. The van der Waals surface area contributed by atoms with Crippen LogP contribution in [0.1, 0.15) is 45.8 Å². The minimum absolute atomic E-state index is 0.0566. The van der Waals surface area contributed by atoms with E-state index in [2.05, 4.69) is 18.1 Å². The van der Waals surface area contributed by atoms with Crippen LogP contribution in [-0.2, 0) is 6.61 Å². The maximum absolute atomic E-state index is 12.6. The quantitative estimate of drug-likeness (QED) is 0.868. The standard InChI is InChI=1S/C18H22N2O3/c1-12-7-6-8-16(13(12)2)22-11-15-14(3)23-19-17(15)18(21)20-9-4-5-10-20/h6-8H,4-5,9-11H2,1-3H3. The first-order valence-electron chi connectivity index (χ1n) is 8.01. The number of carbonyl (C=O) groups is 1. The van der Waals surface area contributed by atoms with Gasteiger partial charge in [0, 0.05) is 13.1 Å². The van der Waals surface area contributed by atoms with Crippen LogP contribution in [0.3, 0.4) is 0 Å². The van der Waals surface area contributed by atoms with Crippen LogP contribution in [0.15, 0.2) is 22.7 Å². The number of aromatic nitrogens is 1. The minimum atomic E-state index is -0.0566. The summed E-state index contributed by atoms with van der Waals surface area (Å²) in [5, 5.41) is 3.97. The lowest BCUT2D eigenvalue weighted by molar-refractivity contribution is 0.0780. The molecule has 0 radical (unpaired) electrons. The van der Waals surface area contributed by atoms with Crippen molar-refractivity contribution in [2.75, 3.05) is 13.1 Å². The van der Waals surface area contributed by atoms with Crippen LogP contribution in [0.4, 0.5) is 0 Å². The number of nitrogens with zero attached hydrogens (tertiary/aromatic N) is 2. The number of hydrogen-bond donors (Lipinski definition) is 0. The van der Waals surface area contributed by atoms with E-state index in [0.717, 1.165) is 42.8 Å². The van der Waals surface area contributed by atoms with Crippen molar-refractivity contribution < 1.29 is 14.1 Å². The van der Waals surface area contributed by atoms with Gasteiger partial charge in [-0.15, -0.1) is 0 Å². The van der Waals surface area contributed by atoms with Gasteiger partial charge in [0.05, 0.1) is 5.56 Å². The molecule has 23 heavy (non-hydrogen) atoms. The summed E-state index contributed by atoms with van der Waals surface area (Å²) in [5.41, 5.74) is 3.41. The molecule has 0 N–H and O–H groups in total. The fraction of sp³-hybridized carbons (Fsp3) is 0.444. The predicted octanol–water partition coefficient (Wildman–Crippen LogP) is 3.41. The molecule has 1 aliphatic heterocycles. The summed E-state index contributed by atoms with van der Waals surface area (Å²) in [4.78, 5) is 14.4. The molecule has 2 aromatic rings. The van der Waals surface area contributed by atoms with Gasteiger partial charge >= 0.3 is 0 Å². The van der Waals surface area contributed by atoms with E-state index in [9.17, 15) is 4.79 Å². The summed E-state index contributed by atoms with van der Waals surface area (Å²) in [6.07, 6.45) is 2.10. The normalized spacial score (nSPS) is 14.3. The molecule has 0 saturated carbocycles. The highest BCUT2D eigenvalue weighted by Gasteiger charge is 2.26. The van der Waals surface area contributed by atoms with Gasteiger partial charge in [-0.2, -0.15) is 0 Å².